The largest absolute Gasteiger partial charge is 0.371 e. The molecule has 4 aliphatic rings. The normalized spacial score (nSPS) is 46.0. The summed E-state index contributed by atoms with van der Waals surface area (Å²) in [4.78, 5) is 12.1. The van der Waals surface area contributed by atoms with Crippen LogP contribution in [0.3, 0.4) is 0 Å². The van der Waals surface area contributed by atoms with Gasteiger partial charge in [-0.1, -0.05) is 25.8 Å². The van der Waals surface area contributed by atoms with Gasteiger partial charge in [-0.25, -0.2) is 0 Å². The number of hydrogen-bond acceptors (Lipinski definition) is 3. The number of hydrogen-bond donors (Lipinski definition) is 1. The molecule has 4 aliphatic carbocycles. The number of aliphatic hydroxyl groups is 1. The quantitative estimate of drug-likeness (QED) is 0.602. The van der Waals surface area contributed by atoms with E-state index in [0.717, 1.165) is 30.8 Å². The van der Waals surface area contributed by atoms with Crippen LogP contribution in [0.5, 0.6) is 0 Å². The number of ether oxygens (including phenoxy) is 1. The molecule has 3 fully saturated rings. The molecule has 0 aliphatic heterocycles. The van der Waals surface area contributed by atoms with Gasteiger partial charge in [-0.05, 0) is 67.1 Å². The predicted molar refractivity (Wildman–Crippen MR) is 98.2 cm³/mol. The number of ketones is 1. The maximum Gasteiger partial charge on any atom is 0.178 e. The van der Waals surface area contributed by atoms with Gasteiger partial charge in [0.2, 0.25) is 0 Å². The van der Waals surface area contributed by atoms with E-state index in [1.807, 2.05) is 6.08 Å². The Bertz CT molecular complexity index is 621. The van der Waals surface area contributed by atoms with E-state index in [9.17, 15) is 9.90 Å². The van der Waals surface area contributed by atoms with E-state index in [1.54, 1.807) is 6.08 Å². The van der Waals surface area contributed by atoms with E-state index in [1.165, 1.54) is 24.8 Å². The molecule has 0 aromatic heterocycles. The third-order valence-corrected chi connectivity index (χ3v) is 8.31. The van der Waals surface area contributed by atoms with Gasteiger partial charge in [-0.3, -0.25) is 4.79 Å². The summed E-state index contributed by atoms with van der Waals surface area (Å²) in [6.45, 7) is 4.45. The van der Waals surface area contributed by atoms with Crippen molar-refractivity contribution in [3.05, 3.63) is 23.3 Å². The topological polar surface area (TPSA) is 46.5 Å². The fraction of sp³-hybridized carbons (Fsp3) is 0.762. The van der Waals surface area contributed by atoms with Gasteiger partial charge >= 0.3 is 0 Å². The Balaban J connectivity index is 1.81. The molecule has 0 saturated heterocycles. The minimum absolute atomic E-state index is 0.0304. The summed E-state index contributed by atoms with van der Waals surface area (Å²) in [5.74, 6) is 2.07. The summed E-state index contributed by atoms with van der Waals surface area (Å²) in [5, 5.41) is 9.55. The van der Waals surface area contributed by atoms with Gasteiger partial charge in [0.1, 0.15) is 6.79 Å². The zero-order chi connectivity index (χ0) is 17.8. The van der Waals surface area contributed by atoms with Crippen molar-refractivity contribution < 1.29 is 14.6 Å². The van der Waals surface area contributed by atoms with Crippen LogP contribution in [0.4, 0.5) is 0 Å². The monoisotopic (exact) mass is 364 g/mol. The fourth-order valence-corrected chi connectivity index (χ4v) is 7.30. The van der Waals surface area contributed by atoms with E-state index in [4.69, 9.17) is 16.3 Å². The number of carbonyl (C=O) groups excluding carboxylic acids is 1. The molecule has 25 heavy (non-hydrogen) atoms. The molecule has 0 amide bonds. The van der Waals surface area contributed by atoms with Crippen LogP contribution >= 0.6 is 11.6 Å². The van der Waals surface area contributed by atoms with Gasteiger partial charge in [0.15, 0.2) is 5.78 Å². The van der Waals surface area contributed by atoms with Crippen molar-refractivity contribution in [1.82, 2.24) is 0 Å². The van der Waals surface area contributed by atoms with E-state index in [2.05, 4.69) is 13.8 Å². The van der Waals surface area contributed by atoms with Gasteiger partial charge in [-0.2, -0.15) is 0 Å². The Morgan fingerprint density at radius 1 is 1.32 bits per heavy atom. The second-order valence-corrected chi connectivity index (χ2v) is 9.26. The van der Waals surface area contributed by atoms with Crippen LogP contribution in [-0.4, -0.2) is 29.7 Å². The number of rotatable bonds is 3. The van der Waals surface area contributed by atoms with Crippen molar-refractivity contribution in [2.24, 2.45) is 28.6 Å². The van der Waals surface area contributed by atoms with Crippen LogP contribution in [0.2, 0.25) is 0 Å². The molecular weight excluding hydrogens is 336 g/mol. The smallest absolute Gasteiger partial charge is 0.178 e. The SMILES string of the molecule is C[C@@]12CCC[C@H]1[C@@H]1CCC3=CC(=O)C=C(CCl)[C@]3(C)[C@H]1[C@@H](OCO)C2. The van der Waals surface area contributed by atoms with Crippen LogP contribution in [0.15, 0.2) is 23.3 Å². The van der Waals surface area contributed by atoms with Crippen molar-refractivity contribution in [2.75, 3.05) is 12.7 Å². The van der Waals surface area contributed by atoms with Crippen molar-refractivity contribution in [3.63, 3.8) is 0 Å². The number of allylic oxidation sites excluding steroid dienone is 4. The van der Waals surface area contributed by atoms with Crippen molar-refractivity contribution >= 4 is 17.4 Å². The van der Waals surface area contributed by atoms with E-state index in [0.29, 0.717) is 23.1 Å². The summed E-state index contributed by atoms with van der Waals surface area (Å²) < 4.78 is 5.93. The van der Waals surface area contributed by atoms with E-state index >= 15 is 0 Å². The van der Waals surface area contributed by atoms with Crippen molar-refractivity contribution in [1.29, 1.82) is 0 Å². The highest BCUT2D eigenvalue weighted by Crippen LogP contribution is 2.66. The lowest BCUT2D eigenvalue weighted by Gasteiger charge is -2.60. The second kappa shape index (κ2) is 6.21. The van der Waals surface area contributed by atoms with Crippen LogP contribution in [-0.2, 0) is 9.53 Å². The molecule has 0 unspecified atom stereocenters. The van der Waals surface area contributed by atoms with Crippen molar-refractivity contribution in [3.8, 4) is 0 Å². The highest BCUT2D eigenvalue weighted by atomic mass is 35.5. The lowest BCUT2D eigenvalue weighted by Crippen LogP contribution is -2.56. The van der Waals surface area contributed by atoms with Gasteiger partial charge in [0, 0.05) is 17.2 Å². The van der Waals surface area contributed by atoms with Gasteiger partial charge in [0.25, 0.3) is 0 Å². The van der Waals surface area contributed by atoms with E-state index in [-0.39, 0.29) is 24.1 Å². The summed E-state index contributed by atoms with van der Waals surface area (Å²) in [7, 11) is 0. The summed E-state index contributed by atoms with van der Waals surface area (Å²) in [5.41, 5.74) is 2.39. The first-order valence-corrected chi connectivity index (χ1v) is 10.2. The Morgan fingerprint density at radius 3 is 2.84 bits per heavy atom. The summed E-state index contributed by atoms with van der Waals surface area (Å²) in [6, 6.07) is 0. The molecule has 0 aromatic carbocycles. The Kier molecular flexibility index (Phi) is 4.41. The van der Waals surface area contributed by atoms with Crippen molar-refractivity contribution in [2.45, 2.75) is 58.5 Å². The molecule has 3 nitrogen and oxygen atoms in total. The maximum absolute atomic E-state index is 12.1. The second-order valence-electron chi connectivity index (χ2n) is 9.00. The number of halogens is 1. The first-order valence-electron chi connectivity index (χ1n) is 9.68. The molecular formula is C21H29ClO3. The molecule has 0 aromatic rings. The number of alkyl halides is 1. The molecule has 0 bridgehead atoms. The predicted octanol–water partition coefficient (Wildman–Crippen LogP) is 4.24. The lowest BCUT2D eigenvalue weighted by atomic mass is 9.46. The molecule has 4 rings (SSSR count). The third kappa shape index (κ3) is 2.49. The summed E-state index contributed by atoms with van der Waals surface area (Å²) in [6.07, 6.45) is 10.6. The Labute approximate surface area is 155 Å². The van der Waals surface area contributed by atoms with Gasteiger partial charge in [0.05, 0.1) is 6.10 Å². The molecule has 0 spiro atoms. The molecule has 1 N–H and O–H groups in total. The third-order valence-electron chi connectivity index (χ3n) is 8.02. The molecule has 138 valence electrons. The minimum Gasteiger partial charge on any atom is -0.371 e. The Morgan fingerprint density at radius 2 is 2.12 bits per heavy atom. The average Bonchev–Trinajstić information content (AvgIpc) is 2.96. The van der Waals surface area contributed by atoms with Crippen LogP contribution in [0, 0.1) is 28.6 Å². The number of carbonyl (C=O) groups is 1. The summed E-state index contributed by atoms with van der Waals surface area (Å²) >= 11 is 6.31. The molecule has 0 radical (unpaired) electrons. The minimum atomic E-state index is -0.234. The lowest BCUT2D eigenvalue weighted by molar-refractivity contribution is -0.164. The highest BCUT2D eigenvalue weighted by molar-refractivity contribution is 6.20. The van der Waals surface area contributed by atoms with Crippen LogP contribution in [0.25, 0.3) is 0 Å². The van der Waals surface area contributed by atoms with Gasteiger partial charge < -0.3 is 9.84 Å². The van der Waals surface area contributed by atoms with Crippen LogP contribution < -0.4 is 0 Å². The molecule has 3 saturated carbocycles. The first kappa shape index (κ1) is 17.8. The van der Waals surface area contributed by atoms with Gasteiger partial charge in [-0.15, -0.1) is 11.6 Å². The number of aliphatic hydroxyl groups excluding tert-OH is 1. The zero-order valence-electron chi connectivity index (χ0n) is 15.3. The molecule has 0 heterocycles. The zero-order valence-corrected chi connectivity index (χ0v) is 16.0. The fourth-order valence-electron chi connectivity index (χ4n) is 6.95. The molecule has 4 heteroatoms. The standard InChI is InChI=1S/C21H29ClO3/c1-20-7-3-4-17(20)16-6-5-13-8-15(24)9-14(11-22)21(13,2)19(16)18(10-20)25-12-23/h8-9,16-19,23H,3-7,10-12H2,1-2H3/t16-,17-,18-,19+,20-,21+/m0/s1. The first-order chi connectivity index (χ1) is 11.9. The maximum atomic E-state index is 12.1. The van der Waals surface area contributed by atoms with E-state index < -0.39 is 0 Å². The molecule has 6 atom stereocenters. The highest BCUT2D eigenvalue weighted by Gasteiger charge is 2.60. The average molecular weight is 365 g/mol. The number of fused-ring (bicyclic) bond motifs is 5. The van der Waals surface area contributed by atoms with Crippen LogP contribution in [0.1, 0.15) is 52.4 Å². The Hall–Kier alpha value is -0.640.